The van der Waals surface area contributed by atoms with Crippen LogP contribution in [0, 0.1) is 0 Å². The molecule has 1 aliphatic heterocycles. The van der Waals surface area contributed by atoms with Crippen molar-refractivity contribution in [2.24, 2.45) is 0 Å². The Kier molecular flexibility index (Phi) is 1.48. The maximum Gasteiger partial charge on any atom is 0.319 e. The third-order valence-corrected chi connectivity index (χ3v) is 2.68. The summed E-state index contributed by atoms with van der Waals surface area (Å²) in [5.74, 6) is 0.00750. The predicted molar refractivity (Wildman–Crippen MR) is 54.2 cm³/mol. The molecule has 74 valence electrons. The summed E-state index contributed by atoms with van der Waals surface area (Å²) < 4.78 is 0. The first-order valence-corrected chi connectivity index (χ1v) is 4.69. The number of amides is 2. The average molecular weight is 200 g/mol. The molecule has 0 unspecified atom stereocenters. The number of fused-ring (bicyclic) bond motifs is 2. The molecule has 0 saturated heterocycles. The number of benzene rings is 1. The monoisotopic (exact) mass is 200 g/mol. The SMILES string of the molecule is O=C1NCC2=C(N1)c1ccccc1C2=O. The first-order valence-electron chi connectivity index (χ1n) is 4.69. The van der Waals surface area contributed by atoms with Gasteiger partial charge < -0.3 is 10.6 Å². The number of carbonyl (C=O) groups excluding carboxylic acids is 2. The lowest BCUT2D eigenvalue weighted by Gasteiger charge is -2.16. The number of Topliss-reactive ketones (excluding diaryl/α,β-unsaturated/α-hetero) is 1. The lowest BCUT2D eigenvalue weighted by atomic mass is 10.1. The van der Waals surface area contributed by atoms with Crippen molar-refractivity contribution in [2.45, 2.75) is 0 Å². The smallest absolute Gasteiger partial charge is 0.319 e. The number of rotatable bonds is 0. The zero-order valence-corrected chi connectivity index (χ0v) is 7.83. The van der Waals surface area contributed by atoms with E-state index in [1.54, 1.807) is 6.07 Å². The molecule has 2 N–H and O–H groups in total. The van der Waals surface area contributed by atoms with Gasteiger partial charge in [0.15, 0.2) is 5.78 Å². The fourth-order valence-electron chi connectivity index (χ4n) is 1.98. The Morgan fingerprint density at radius 1 is 1.07 bits per heavy atom. The Morgan fingerprint density at radius 3 is 2.60 bits per heavy atom. The van der Waals surface area contributed by atoms with E-state index in [4.69, 9.17) is 0 Å². The summed E-state index contributed by atoms with van der Waals surface area (Å²) in [7, 11) is 0. The van der Waals surface area contributed by atoms with E-state index in [1.165, 1.54) is 0 Å². The topological polar surface area (TPSA) is 58.2 Å². The molecule has 0 bridgehead atoms. The van der Waals surface area contributed by atoms with Crippen molar-refractivity contribution in [1.82, 2.24) is 10.6 Å². The second-order valence-corrected chi connectivity index (χ2v) is 3.54. The van der Waals surface area contributed by atoms with Gasteiger partial charge in [-0.05, 0) is 0 Å². The van der Waals surface area contributed by atoms with E-state index < -0.39 is 0 Å². The van der Waals surface area contributed by atoms with E-state index in [1.807, 2.05) is 18.2 Å². The largest absolute Gasteiger partial charge is 0.334 e. The maximum absolute atomic E-state index is 11.9. The van der Waals surface area contributed by atoms with Gasteiger partial charge in [-0.2, -0.15) is 0 Å². The van der Waals surface area contributed by atoms with Crippen LogP contribution < -0.4 is 10.6 Å². The summed E-state index contributed by atoms with van der Waals surface area (Å²) in [5.41, 5.74) is 2.81. The van der Waals surface area contributed by atoms with Crippen molar-refractivity contribution in [2.75, 3.05) is 6.54 Å². The highest BCUT2D eigenvalue weighted by atomic mass is 16.2. The minimum absolute atomic E-state index is 0.00750. The molecule has 1 aliphatic carbocycles. The number of ketones is 1. The Hall–Kier alpha value is -2.10. The first kappa shape index (κ1) is 8.23. The first-order chi connectivity index (χ1) is 7.27. The predicted octanol–water partition coefficient (Wildman–Crippen LogP) is 0.907. The van der Waals surface area contributed by atoms with E-state index in [0.717, 1.165) is 5.56 Å². The Balaban J connectivity index is 2.21. The molecule has 0 aromatic heterocycles. The molecule has 0 saturated carbocycles. The van der Waals surface area contributed by atoms with Gasteiger partial charge in [0, 0.05) is 16.7 Å². The summed E-state index contributed by atoms with van der Waals surface area (Å²) in [5, 5.41) is 5.26. The van der Waals surface area contributed by atoms with Crippen molar-refractivity contribution in [3.05, 3.63) is 41.0 Å². The fourth-order valence-corrected chi connectivity index (χ4v) is 1.98. The maximum atomic E-state index is 11.9. The zero-order chi connectivity index (χ0) is 10.4. The van der Waals surface area contributed by atoms with Crippen LogP contribution in [0.1, 0.15) is 15.9 Å². The summed E-state index contributed by atoms with van der Waals surface area (Å²) in [6.45, 7) is 0.314. The summed E-state index contributed by atoms with van der Waals surface area (Å²) in [6, 6.07) is 7.06. The lowest BCUT2D eigenvalue weighted by molar-refractivity contribution is 0.103. The van der Waals surface area contributed by atoms with Gasteiger partial charge in [-0.1, -0.05) is 24.3 Å². The quantitative estimate of drug-likeness (QED) is 0.653. The number of nitrogens with one attached hydrogen (secondary N) is 2. The van der Waals surface area contributed by atoms with Crippen LogP contribution in [0.2, 0.25) is 0 Å². The van der Waals surface area contributed by atoms with Crippen molar-refractivity contribution < 1.29 is 9.59 Å². The van der Waals surface area contributed by atoms with E-state index in [2.05, 4.69) is 10.6 Å². The summed E-state index contributed by atoms with van der Waals surface area (Å²) in [6.07, 6.45) is 0. The Labute approximate surface area is 86.0 Å². The summed E-state index contributed by atoms with van der Waals surface area (Å²) in [4.78, 5) is 23.0. The molecular formula is C11H8N2O2. The molecule has 15 heavy (non-hydrogen) atoms. The summed E-state index contributed by atoms with van der Waals surface area (Å²) >= 11 is 0. The zero-order valence-electron chi connectivity index (χ0n) is 7.83. The van der Waals surface area contributed by atoms with Crippen molar-refractivity contribution >= 4 is 17.5 Å². The van der Waals surface area contributed by atoms with Crippen molar-refractivity contribution in [3.63, 3.8) is 0 Å². The van der Waals surface area contributed by atoms with Crippen LogP contribution in [0.15, 0.2) is 29.8 Å². The van der Waals surface area contributed by atoms with Crippen LogP contribution in [-0.2, 0) is 0 Å². The van der Waals surface area contributed by atoms with Crippen LogP contribution in [0.25, 0.3) is 5.70 Å². The van der Waals surface area contributed by atoms with Crippen molar-refractivity contribution in [1.29, 1.82) is 0 Å². The van der Waals surface area contributed by atoms with Crippen LogP contribution in [0.3, 0.4) is 0 Å². The highest BCUT2D eigenvalue weighted by molar-refractivity contribution is 6.22. The fraction of sp³-hybridized carbons (Fsp3) is 0.0909. The number of urea groups is 1. The van der Waals surface area contributed by atoms with E-state index >= 15 is 0 Å². The van der Waals surface area contributed by atoms with Crippen LogP contribution in [-0.4, -0.2) is 18.4 Å². The minimum Gasteiger partial charge on any atom is -0.334 e. The van der Waals surface area contributed by atoms with Crippen molar-refractivity contribution in [3.8, 4) is 0 Å². The van der Waals surface area contributed by atoms with Crippen LogP contribution in [0.4, 0.5) is 4.79 Å². The lowest BCUT2D eigenvalue weighted by Crippen LogP contribution is -2.40. The molecule has 1 aromatic carbocycles. The molecule has 2 aliphatic rings. The Bertz CT molecular complexity index is 517. The van der Waals surface area contributed by atoms with Gasteiger partial charge >= 0.3 is 6.03 Å². The number of carbonyl (C=O) groups is 2. The molecule has 0 spiro atoms. The Morgan fingerprint density at radius 2 is 1.80 bits per heavy atom. The standard InChI is InChI=1S/C11H8N2O2/c14-10-7-4-2-1-3-6(7)9-8(10)5-12-11(15)13-9/h1-4H,5H2,(H2,12,13,15). The molecular weight excluding hydrogens is 192 g/mol. The van der Waals surface area contributed by atoms with Gasteiger partial charge in [-0.25, -0.2) is 4.79 Å². The third-order valence-electron chi connectivity index (χ3n) is 2.68. The highest BCUT2D eigenvalue weighted by Gasteiger charge is 2.32. The highest BCUT2D eigenvalue weighted by Crippen LogP contribution is 2.31. The number of hydrogen-bond acceptors (Lipinski definition) is 2. The molecule has 0 fully saturated rings. The van der Waals surface area contributed by atoms with Gasteiger partial charge in [0.25, 0.3) is 0 Å². The van der Waals surface area contributed by atoms with Gasteiger partial charge in [0.2, 0.25) is 0 Å². The normalized spacial score (nSPS) is 18.1. The van der Waals surface area contributed by atoms with Crippen LogP contribution in [0.5, 0.6) is 0 Å². The van der Waals surface area contributed by atoms with Gasteiger partial charge in [-0.3, -0.25) is 4.79 Å². The van der Waals surface area contributed by atoms with Gasteiger partial charge in [0.1, 0.15) is 0 Å². The molecule has 4 heteroatoms. The second-order valence-electron chi connectivity index (χ2n) is 3.54. The van der Waals surface area contributed by atoms with E-state index in [-0.39, 0.29) is 11.8 Å². The second kappa shape index (κ2) is 2.70. The molecule has 1 aromatic rings. The number of hydrogen-bond donors (Lipinski definition) is 2. The van der Waals surface area contributed by atoms with Crippen LogP contribution >= 0.6 is 0 Å². The molecule has 1 heterocycles. The van der Waals surface area contributed by atoms with E-state index in [9.17, 15) is 9.59 Å². The van der Waals surface area contributed by atoms with E-state index in [0.29, 0.717) is 23.4 Å². The minimum atomic E-state index is -0.252. The molecule has 0 atom stereocenters. The molecule has 2 amide bonds. The van der Waals surface area contributed by atoms with Gasteiger partial charge in [0.05, 0.1) is 12.2 Å². The molecule has 0 radical (unpaired) electrons. The van der Waals surface area contributed by atoms with Gasteiger partial charge in [-0.15, -0.1) is 0 Å². The average Bonchev–Trinajstić information content (AvgIpc) is 2.54. The molecule has 3 rings (SSSR count). The third kappa shape index (κ3) is 1.01. The molecule has 4 nitrogen and oxygen atoms in total.